The van der Waals surface area contributed by atoms with Crippen LogP contribution in [0.3, 0.4) is 0 Å². The lowest BCUT2D eigenvalue weighted by Crippen LogP contribution is -2.34. The van der Waals surface area contributed by atoms with Gasteiger partial charge in [-0.25, -0.2) is 13.1 Å². The summed E-state index contributed by atoms with van der Waals surface area (Å²) in [6, 6.07) is 5.03. The standard InChI is InChI=1S/C18H27N3O3S/c1-14(13-20-8-3-4-9-20)12-19-25(23,24)17-5-6-18-16(11-17)7-10-21(18)15(2)22/h5-6,11,14,19H,3-4,7-10,12-13H2,1-2H3/t14-/m1/s1. The lowest BCUT2D eigenvalue weighted by molar-refractivity contribution is -0.116. The number of fused-ring (bicyclic) bond motifs is 1. The van der Waals surface area contributed by atoms with Crippen LogP contribution in [0.5, 0.6) is 0 Å². The third-order valence-electron chi connectivity index (χ3n) is 5.03. The highest BCUT2D eigenvalue weighted by atomic mass is 32.2. The van der Waals surface area contributed by atoms with Crippen LogP contribution >= 0.6 is 0 Å². The van der Waals surface area contributed by atoms with Crippen LogP contribution in [0.2, 0.25) is 0 Å². The van der Waals surface area contributed by atoms with E-state index < -0.39 is 10.0 Å². The van der Waals surface area contributed by atoms with Gasteiger partial charge in [-0.05, 0) is 62.0 Å². The molecule has 1 fully saturated rings. The number of benzene rings is 1. The molecule has 1 saturated heterocycles. The van der Waals surface area contributed by atoms with Gasteiger partial charge in [-0.15, -0.1) is 0 Å². The Morgan fingerprint density at radius 1 is 1.24 bits per heavy atom. The fraction of sp³-hybridized carbons (Fsp3) is 0.611. The van der Waals surface area contributed by atoms with Gasteiger partial charge in [0.15, 0.2) is 0 Å². The minimum Gasteiger partial charge on any atom is -0.312 e. The molecule has 3 rings (SSSR count). The Kier molecular flexibility index (Phi) is 5.46. The van der Waals surface area contributed by atoms with Crippen LogP contribution in [0.1, 0.15) is 32.3 Å². The molecule has 0 saturated carbocycles. The SMILES string of the molecule is CC(=O)N1CCc2cc(S(=O)(=O)NC[C@@H](C)CN3CCCC3)ccc21. The van der Waals surface area contributed by atoms with E-state index >= 15 is 0 Å². The third-order valence-corrected chi connectivity index (χ3v) is 6.45. The molecular formula is C18H27N3O3S. The first-order valence-electron chi connectivity index (χ1n) is 9.00. The van der Waals surface area contributed by atoms with Crippen molar-refractivity contribution in [3.05, 3.63) is 23.8 Å². The largest absolute Gasteiger partial charge is 0.312 e. The summed E-state index contributed by atoms with van der Waals surface area (Å²) >= 11 is 0. The van der Waals surface area contributed by atoms with Crippen molar-refractivity contribution < 1.29 is 13.2 Å². The van der Waals surface area contributed by atoms with Gasteiger partial charge in [0.1, 0.15) is 0 Å². The van der Waals surface area contributed by atoms with Crippen molar-refractivity contribution in [1.82, 2.24) is 9.62 Å². The fourth-order valence-corrected chi connectivity index (χ4v) is 4.89. The molecule has 0 unspecified atom stereocenters. The summed E-state index contributed by atoms with van der Waals surface area (Å²) in [5.41, 5.74) is 1.75. The number of hydrogen-bond donors (Lipinski definition) is 1. The second kappa shape index (κ2) is 7.43. The van der Waals surface area contributed by atoms with Crippen molar-refractivity contribution in [2.24, 2.45) is 5.92 Å². The van der Waals surface area contributed by atoms with E-state index in [0.717, 1.165) is 30.9 Å². The van der Waals surface area contributed by atoms with Gasteiger partial charge in [-0.3, -0.25) is 4.79 Å². The van der Waals surface area contributed by atoms with Crippen LogP contribution in [-0.4, -0.2) is 51.9 Å². The Balaban J connectivity index is 1.63. The van der Waals surface area contributed by atoms with E-state index in [1.807, 2.05) is 0 Å². The Morgan fingerprint density at radius 3 is 2.64 bits per heavy atom. The quantitative estimate of drug-likeness (QED) is 0.831. The highest BCUT2D eigenvalue weighted by Gasteiger charge is 2.25. The molecule has 6 nitrogen and oxygen atoms in total. The molecule has 0 aliphatic carbocycles. The normalized spacial score (nSPS) is 19.2. The number of hydrogen-bond acceptors (Lipinski definition) is 4. The summed E-state index contributed by atoms with van der Waals surface area (Å²) in [7, 11) is -3.52. The molecule has 2 aliphatic heterocycles. The molecule has 1 amide bonds. The summed E-state index contributed by atoms with van der Waals surface area (Å²) in [6.45, 7) is 7.84. The first-order valence-corrected chi connectivity index (χ1v) is 10.5. The lowest BCUT2D eigenvalue weighted by Gasteiger charge is -2.20. The van der Waals surface area contributed by atoms with E-state index in [1.54, 1.807) is 23.1 Å². The first-order chi connectivity index (χ1) is 11.9. The summed E-state index contributed by atoms with van der Waals surface area (Å²) in [4.78, 5) is 16.0. The number of anilines is 1. The van der Waals surface area contributed by atoms with Gasteiger partial charge < -0.3 is 9.80 Å². The van der Waals surface area contributed by atoms with E-state index in [1.165, 1.54) is 19.8 Å². The molecule has 0 bridgehead atoms. The molecule has 1 N–H and O–H groups in total. The van der Waals surface area contributed by atoms with Gasteiger partial charge in [0.05, 0.1) is 4.90 Å². The topological polar surface area (TPSA) is 69.7 Å². The number of amides is 1. The van der Waals surface area contributed by atoms with E-state index in [9.17, 15) is 13.2 Å². The van der Waals surface area contributed by atoms with Crippen molar-refractivity contribution in [3.63, 3.8) is 0 Å². The fourth-order valence-electron chi connectivity index (χ4n) is 3.68. The lowest BCUT2D eigenvalue weighted by atomic mass is 10.2. The minimum atomic E-state index is -3.52. The van der Waals surface area contributed by atoms with Crippen LogP contribution in [-0.2, 0) is 21.2 Å². The maximum absolute atomic E-state index is 12.6. The number of nitrogens with one attached hydrogen (secondary N) is 1. The van der Waals surface area contributed by atoms with Gasteiger partial charge in [0, 0.05) is 32.2 Å². The number of rotatable bonds is 6. The van der Waals surface area contributed by atoms with Crippen LogP contribution in [0.4, 0.5) is 5.69 Å². The van der Waals surface area contributed by atoms with Crippen molar-refractivity contribution >= 4 is 21.6 Å². The number of carbonyl (C=O) groups is 1. The highest BCUT2D eigenvalue weighted by Crippen LogP contribution is 2.30. The third kappa shape index (κ3) is 4.22. The molecule has 0 spiro atoms. The Morgan fingerprint density at radius 2 is 1.96 bits per heavy atom. The average molecular weight is 365 g/mol. The van der Waals surface area contributed by atoms with Crippen molar-refractivity contribution in [1.29, 1.82) is 0 Å². The zero-order valence-corrected chi connectivity index (χ0v) is 15.8. The molecule has 1 aromatic rings. The summed E-state index contributed by atoms with van der Waals surface area (Å²) in [5.74, 6) is 0.263. The Hall–Kier alpha value is -1.44. The maximum atomic E-state index is 12.6. The van der Waals surface area contributed by atoms with E-state index in [2.05, 4.69) is 16.5 Å². The van der Waals surface area contributed by atoms with Crippen molar-refractivity contribution in [2.75, 3.05) is 37.6 Å². The number of sulfonamides is 1. The smallest absolute Gasteiger partial charge is 0.240 e. The zero-order chi connectivity index (χ0) is 18.0. The highest BCUT2D eigenvalue weighted by molar-refractivity contribution is 7.89. The predicted molar refractivity (Wildman–Crippen MR) is 98.2 cm³/mol. The predicted octanol–water partition coefficient (Wildman–Crippen LogP) is 1.61. The Labute approximate surface area is 150 Å². The molecule has 25 heavy (non-hydrogen) atoms. The molecule has 1 aromatic carbocycles. The molecule has 7 heteroatoms. The van der Waals surface area contributed by atoms with Gasteiger partial charge in [-0.1, -0.05) is 6.92 Å². The molecular weight excluding hydrogens is 338 g/mol. The average Bonchev–Trinajstić information content (AvgIpc) is 3.21. The van der Waals surface area contributed by atoms with Crippen LogP contribution < -0.4 is 9.62 Å². The van der Waals surface area contributed by atoms with E-state index in [-0.39, 0.29) is 16.7 Å². The summed E-state index contributed by atoms with van der Waals surface area (Å²) in [6.07, 6.45) is 3.18. The van der Waals surface area contributed by atoms with E-state index in [0.29, 0.717) is 19.5 Å². The number of likely N-dealkylation sites (tertiary alicyclic amines) is 1. The van der Waals surface area contributed by atoms with Crippen molar-refractivity contribution in [2.45, 2.75) is 38.0 Å². The van der Waals surface area contributed by atoms with Gasteiger partial charge in [0.25, 0.3) is 0 Å². The second-order valence-electron chi connectivity index (χ2n) is 7.18. The van der Waals surface area contributed by atoms with Crippen LogP contribution in [0.25, 0.3) is 0 Å². The van der Waals surface area contributed by atoms with Crippen molar-refractivity contribution in [3.8, 4) is 0 Å². The number of carbonyl (C=O) groups excluding carboxylic acids is 1. The van der Waals surface area contributed by atoms with Gasteiger partial charge in [-0.2, -0.15) is 0 Å². The molecule has 0 aromatic heterocycles. The zero-order valence-electron chi connectivity index (χ0n) is 15.0. The Bertz CT molecular complexity index is 742. The first kappa shape index (κ1) is 18.4. The second-order valence-corrected chi connectivity index (χ2v) is 8.94. The van der Waals surface area contributed by atoms with E-state index in [4.69, 9.17) is 0 Å². The van der Waals surface area contributed by atoms with Gasteiger partial charge in [0.2, 0.25) is 15.9 Å². The molecule has 138 valence electrons. The van der Waals surface area contributed by atoms with Crippen LogP contribution in [0, 0.1) is 5.92 Å². The summed E-state index contributed by atoms with van der Waals surface area (Å²) < 4.78 is 27.9. The summed E-state index contributed by atoms with van der Waals surface area (Å²) in [5, 5.41) is 0. The molecule has 1 atom stereocenters. The molecule has 2 aliphatic rings. The van der Waals surface area contributed by atoms with Gasteiger partial charge >= 0.3 is 0 Å². The minimum absolute atomic E-state index is 0.0109. The maximum Gasteiger partial charge on any atom is 0.240 e. The van der Waals surface area contributed by atoms with Crippen LogP contribution in [0.15, 0.2) is 23.1 Å². The molecule has 0 radical (unpaired) electrons. The monoisotopic (exact) mass is 365 g/mol. The number of nitrogens with zero attached hydrogens (tertiary/aromatic N) is 2. The molecule has 2 heterocycles.